The first-order valence-electron chi connectivity index (χ1n) is 17.0. The summed E-state index contributed by atoms with van der Waals surface area (Å²) in [5, 5.41) is 0.712. The van der Waals surface area contributed by atoms with Crippen molar-refractivity contribution in [2.75, 3.05) is 32.7 Å². The summed E-state index contributed by atoms with van der Waals surface area (Å²) in [6, 6.07) is 19.0. The Morgan fingerprint density at radius 3 is 2.65 bits per heavy atom. The molecule has 1 unspecified atom stereocenters. The smallest absolute Gasteiger partial charge is 0.410 e. The molecule has 0 bridgehead atoms. The molecule has 2 aliphatic heterocycles. The molecular weight excluding hydrogens is 624 g/mol. The minimum absolute atomic E-state index is 0.0321. The molecule has 3 aliphatic rings. The summed E-state index contributed by atoms with van der Waals surface area (Å²) in [4.78, 5) is 43.8. The molecule has 2 aromatic heterocycles. The van der Waals surface area contributed by atoms with E-state index in [9.17, 15) is 9.59 Å². The van der Waals surface area contributed by atoms with E-state index in [1.165, 1.54) is 11.1 Å². The Kier molecular flexibility index (Phi) is 9.25. The Hall–Kier alpha value is -4.21. The molecule has 7 rings (SSSR count). The third-order valence-corrected chi connectivity index (χ3v) is 10.4. The van der Waals surface area contributed by atoms with Gasteiger partial charge in [0.1, 0.15) is 12.6 Å². The molecule has 4 heterocycles. The molecule has 0 saturated carbocycles. The van der Waals surface area contributed by atoms with Crippen molar-refractivity contribution in [3.05, 3.63) is 118 Å². The summed E-state index contributed by atoms with van der Waals surface area (Å²) in [6.45, 7) is 7.76. The summed E-state index contributed by atoms with van der Waals surface area (Å²) in [5.41, 5.74) is 6.33. The minimum atomic E-state index is -0.703. The standard InChI is InChI=1S/C38H43ClN6O3/c1-27-21-42(26-41-27)24-38(2)15-7-17-44(25-38)36(46)33-22-43(18-19-45(33)37(47)48-23-28-8-4-3-5-9-28)35-32-14-13-31(39)20-30(32)12-11-29-10-6-16-40-34(29)35/h3-6,8-10,13-14,16,20-21,26,33,35H,7,11-12,15,17-19,22-25H2,1-2H3/t33-,35+,38?/m1/s1. The number of hydrogen-bond donors (Lipinski definition) is 0. The number of carbonyl (C=O) groups is 2. The van der Waals surface area contributed by atoms with Gasteiger partial charge < -0.3 is 14.2 Å². The number of piperidine rings is 1. The van der Waals surface area contributed by atoms with Gasteiger partial charge in [0, 0.05) is 62.1 Å². The van der Waals surface area contributed by atoms with Crippen LogP contribution in [0.2, 0.25) is 5.02 Å². The van der Waals surface area contributed by atoms with Gasteiger partial charge in [0.15, 0.2) is 0 Å². The van der Waals surface area contributed by atoms with Gasteiger partial charge in [-0.05, 0) is 73.1 Å². The maximum atomic E-state index is 14.7. The lowest BCUT2D eigenvalue weighted by Crippen LogP contribution is -2.63. The second kappa shape index (κ2) is 13.7. The first-order valence-corrected chi connectivity index (χ1v) is 17.3. The van der Waals surface area contributed by atoms with Crippen LogP contribution in [-0.2, 0) is 35.5 Å². The van der Waals surface area contributed by atoms with Crippen LogP contribution in [-0.4, -0.2) is 80.0 Å². The van der Waals surface area contributed by atoms with Crippen molar-refractivity contribution in [3.8, 4) is 0 Å². The van der Waals surface area contributed by atoms with Gasteiger partial charge in [-0.3, -0.25) is 19.6 Å². The number of aryl methyl sites for hydroxylation is 3. The number of ether oxygens (including phenoxy) is 1. The van der Waals surface area contributed by atoms with Crippen LogP contribution in [0.3, 0.4) is 0 Å². The average Bonchev–Trinajstić information content (AvgIpc) is 3.42. The Balaban J connectivity index is 1.19. The fourth-order valence-electron chi connectivity index (χ4n) is 7.87. The SMILES string of the molecule is Cc1cn(CC2(C)CCCN(C(=O)[C@H]3CN([C@H]4c5ccc(Cl)cc5CCc5cccnc54)CCN3C(=O)OCc3ccccc3)C2)cn1. The molecule has 9 nitrogen and oxygen atoms in total. The first kappa shape index (κ1) is 32.3. The number of fused-ring (bicyclic) bond motifs is 2. The second-order valence-electron chi connectivity index (χ2n) is 13.9. The number of hydrogen-bond acceptors (Lipinski definition) is 6. The number of nitrogens with zero attached hydrogens (tertiary/aromatic N) is 6. The lowest BCUT2D eigenvalue weighted by molar-refractivity contribution is -0.142. The van der Waals surface area contributed by atoms with Crippen LogP contribution in [0.5, 0.6) is 0 Å². The van der Waals surface area contributed by atoms with Gasteiger partial charge in [0.2, 0.25) is 5.91 Å². The van der Waals surface area contributed by atoms with Crippen molar-refractivity contribution in [1.82, 2.24) is 29.2 Å². The topological polar surface area (TPSA) is 83.8 Å². The molecule has 2 saturated heterocycles. The number of benzene rings is 2. The summed E-state index contributed by atoms with van der Waals surface area (Å²) >= 11 is 6.49. The van der Waals surface area contributed by atoms with Crippen molar-refractivity contribution in [3.63, 3.8) is 0 Å². The number of likely N-dealkylation sites (tertiary alicyclic amines) is 1. The Labute approximate surface area is 287 Å². The maximum Gasteiger partial charge on any atom is 0.410 e. The Morgan fingerprint density at radius 1 is 1.00 bits per heavy atom. The van der Waals surface area contributed by atoms with Crippen LogP contribution in [0.15, 0.2) is 79.4 Å². The quantitative estimate of drug-likeness (QED) is 0.248. The molecular formula is C38H43ClN6O3. The first-order chi connectivity index (χ1) is 23.3. The normalized spacial score (nSPS) is 22.8. The molecule has 3 atom stereocenters. The van der Waals surface area contributed by atoms with Crippen molar-refractivity contribution in [1.29, 1.82) is 0 Å². The van der Waals surface area contributed by atoms with Gasteiger partial charge >= 0.3 is 6.09 Å². The number of pyridine rings is 1. The number of carbonyl (C=O) groups excluding carboxylic acids is 2. The minimum Gasteiger partial charge on any atom is -0.445 e. The Morgan fingerprint density at radius 2 is 1.83 bits per heavy atom. The third-order valence-electron chi connectivity index (χ3n) is 10.2. The number of piperazine rings is 1. The van der Waals surface area contributed by atoms with E-state index in [1.807, 2.05) is 66.8 Å². The zero-order chi connectivity index (χ0) is 33.3. The van der Waals surface area contributed by atoms with Gasteiger partial charge in [-0.2, -0.15) is 0 Å². The molecule has 250 valence electrons. The molecule has 2 aromatic carbocycles. The van der Waals surface area contributed by atoms with Crippen molar-refractivity contribution in [2.24, 2.45) is 5.41 Å². The van der Waals surface area contributed by atoms with E-state index in [1.54, 1.807) is 4.90 Å². The lowest BCUT2D eigenvalue weighted by atomic mass is 9.81. The summed E-state index contributed by atoms with van der Waals surface area (Å²) < 4.78 is 7.97. The van der Waals surface area contributed by atoms with Gasteiger partial charge in [-0.1, -0.05) is 61.0 Å². The van der Waals surface area contributed by atoms with Crippen molar-refractivity contribution < 1.29 is 14.3 Å². The van der Waals surface area contributed by atoms with Gasteiger partial charge in [-0.25, -0.2) is 9.78 Å². The number of aromatic nitrogens is 3. The van der Waals surface area contributed by atoms with Crippen LogP contribution in [0, 0.1) is 12.3 Å². The lowest BCUT2D eigenvalue weighted by Gasteiger charge is -2.47. The summed E-state index contributed by atoms with van der Waals surface area (Å²) in [7, 11) is 0. The third kappa shape index (κ3) is 6.84. The maximum absolute atomic E-state index is 14.7. The highest BCUT2D eigenvalue weighted by Gasteiger charge is 2.44. The average molecular weight is 667 g/mol. The molecule has 1 aliphatic carbocycles. The van der Waals surface area contributed by atoms with Gasteiger partial charge in [-0.15, -0.1) is 0 Å². The second-order valence-corrected chi connectivity index (χ2v) is 14.3. The fraction of sp³-hybridized carbons (Fsp3) is 0.421. The number of imidazole rings is 1. The molecule has 0 radical (unpaired) electrons. The van der Waals surface area contributed by atoms with Gasteiger partial charge in [0.05, 0.1) is 23.8 Å². The molecule has 2 amide bonds. The highest BCUT2D eigenvalue weighted by molar-refractivity contribution is 6.30. The monoisotopic (exact) mass is 666 g/mol. The van der Waals surface area contributed by atoms with Crippen LogP contribution in [0.1, 0.15) is 59.4 Å². The van der Waals surface area contributed by atoms with E-state index in [2.05, 4.69) is 45.8 Å². The van der Waals surface area contributed by atoms with E-state index >= 15 is 0 Å². The summed E-state index contributed by atoms with van der Waals surface area (Å²) in [6.07, 6.45) is 8.95. The molecule has 4 aromatic rings. The predicted octanol–water partition coefficient (Wildman–Crippen LogP) is 6.08. The zero-order valence-electron chi connectivity index (χ0n) is 27.7. The molecule has 10 heteroatoms. The van der Waals surface area contributed by atoms with E-state index < -0.39 is 12.1 Å². The van der Waals surface area contributed by atoms with Crippen molar-refractivity contribution in [2.45, 2.75) is 64.8 Å². The highest BCUT2D eigenvalue weighted by Crippen LogP contribution is 2.39. The molecule has 0 spiro atoms. The Bertz CT molecular complexity index is 1780. The van der Waals surface area contributed by atoms with Crippen LogP contribution in [0.4, 0.5) is 4.79 Å². The van der Waals surface area contributed by atoms with E-state index in [-0.39, 0.29) is 24.0 Å². The van der Waals surface area contributed by atoms with Crippen molar-refractivity contribution >= 4 is 23.6 Å². The number of rotatable bonds is 6. The molecule has 2 fully saturated rings. The predicted molar refractivity (Wildman–Crippen MR) is 185 cm³/mol. The molecule has 48 heavy (non-hydrogen) atoms. The summed E-state index contributed by atoms with van der Waals surface area (Å²) in [5.74, 6) is -0.0321. The van der Waals surface area contributed by atoms with E-state index in [0.29, 0.717) is 37.7 Å². The largest absolute Gasteiger partial charge is 0.445 e. The zero-order valence-corrected chi connectivity index (χ0v) is 28.5. The fourth-order valence-corrected chi connectivity index (χ4v) is 8.06. The van der Waals surface area contributed by atoms with E-state index in [0.717, 1.165) is 54.7 Å². The molecule has 0 N–H and O–H groups in total. The van der Waals surface area contributed by atoms with Crippen LogP contribution < -0.4 is 0 Å². The highest BCUT2D eigenvalue weighted by atomic mass is 35.5. The number of halogens is 1. The van der Waals surface area contributed by atoms with Crippen LogP contribution >= 0.6 is 11.6 Å². The van der Waals surface area contributed by atoms with Crippen LogP contribution in [0.25, 0.3) is 0 Å². The van der Waals surface area contributed by atoms with Gasteiger partial charge in [0.25, 0.3) is 0 Å². The number of amides is 2. The van der Waals surface area contributed by atoms with E-state index in [4.69, 9.17) is 21.3 Å².